The largest absolute Gasteiger partial charge is 0.477 e. The maximum Gasteiger partial charge on any atom is 0.350 e. The van der Waals surface area contributed by atoms with Gasteiger partial charge in [0.25, 0.3) is 0 Å². The number of carbonyl (C=O) groups is 1. The van der Waals surface area contributed by atoms with Crippen molar-refractivity contribution in [2.24, 2.45) is 0 Å². The van der Waals surface area contributed by atoms with Crippen molar-refractivity contribution in [2.75, 3.05) is 11.9 Å². The third-order valence-electron chi connectivity index (χ3n) is 2.20. The summed E-state index contributed by atoms with van der Waals surface area (Å²) in [6, 6.07) is 0. The van der Waals surface area contributed by atoms with Crippen molar-refractivity contribution >= 4 is 23.4 Å². The van der Waals surface area contributed by atoms with Crippen LogP contribution in [0.2, 0.25) is 5.15 Å². The Labute approximate surface area is 89.5 Å². The van der Waals surface area contributed by atoms with Crippen molar-refractivity contribution < 1.29 is 9.90 Å². The minimum atomic E-state index is -1.19. The van der Waals surface area contributed by atoms with Crippen molar-refractivity contribution in [3.63, 3.8) is 0 Å². The first-order valence-corrected chi connectivity index (χ1v) is 4.76. The van der Waals surface area contributed by atoms with Crippen LogP contribution in [0, 0.1) is 0 Å². The maximum absolute atomic E-state index is 11.4. The summed E-state index contributed by atoms with van der Waals surface area (Å²) < 4.78 is 1.29. The number of nitrogens with one attached hydrogen (secondary N) is 1. The highest BCUT2D eigenvalue weighted by molar-refractivity contribution is 6.32. The summed E-state index contributed by atoms with van der Waals surface area (Å²) in [5, 5.41) is 11.5. The number of anilines is 1. The average molecular weight is 230 g/mol. The zero-order valence-corrected chi connectivity index (χ0v) is 8.41. The Bertz CT molecular complexity index is 483. The lowest BCUT2D eigenvalue weighted by molar-refractivity contribution is 0.0696. The molecular weight excluding hydrogens is 222 g/mol. The Kier molecular flexibility index (Phi) is 2.36. The highest BCUT2D eigenvalue weighted by Crippen LogP contribution is 2.22. The molecule has 0 atom stereocenters. The van der Waals surface area contributed by atoms with Gasteiger partial charge in [0.15, 0.2) is 5.15 Å². The molecule has 80 valence electrons. The van der Waals surface area contributed by atoms with Crippen molar-refractivity contribution in [1.82, 2.24) is 9.55 Å². The van der Waals surface area contributed by atoms with E-state index in [0.717, 1.165) is 6.42 Å². The van der Waals surface area contributed by atoms with Crippen molar-refractivity contribution in [2.45, 2.75) is 13.0 Å². The summed E-state index contributed by atoms with van der Waals surface area (Å²) >= 11 is 5.62. The van der Waals surface area contributed by atoms with Crippen LogP contribution in [0.5, 0.6) is 0 Å². The molecule has 0 spiro atoms. The summed E-state index contributed by atoms with van der Waals surface area (Å²) in [5.41, 5.74) is -0.664. The maximum atomic E-state index is 11.4. The molecule has 2 rings (SSSR count). The Morgan fingerprint density at radius 2 is 2.33 bits per heavy atom. The molecule has 2 heterocycles. The quantitative estimate of drug-likeness (QED) is 0.682. The van der Waals surface area contributed by atoms with Gasteiger partial charge in [0.2, 0.25) is 0 Å². The lowest BCUT2D eigenvalue weighted by Crippen LogP contribution is -2.33. The lowest BCUT2D eigenvalue weighted by Gasteiger charge is -2.21. The van der Waals surface area contributed by atoms with Gasteiger partial charge in [0.1, 0.15) is 11.4 Å². The number of carboxylic acids is 1. The van der Waals surface area contributed by atoms with Crippen LogP contribution in [-0.4, -0.2) is 27.2 Å². The molecule has 0 saturated carbocycles. The van der Waals surface area contributed by atoms with Crippen molar-refractivity contribution in [3.05, 3.63) is 21.2 Å². The molecule has 0 fully saturated rings. The number of nitrogens with zero attached hydrogens (tertiary/aromatic N) is 2. The molecule has 0 unspecified atom stereocenters. The van der Waals surface area contributed by atoms with Gasteiger partial charge in [-0.15, -0.1) is 0 Å². The number of carboxylic acid groups (broad SMARTS) is 1. The Morgan fingerprint density at radius 1 is 1.60 bits per heavy atom. The van der Waals surface area contributed by atoms with Gasteiger partial charge in [-0.1, -0.05) is 11.6 Å². The smallest absolute Gasteiger partial charge is 0.350 e. The Balaban J connectivity index is 2.74. The fraction of sp³-hybridized carbons (Fsp3) is 0.375. The predicted octanol–water partition coefficient (Wildman–Crippen LogP) is 0.410. The van der Waals surface area contributed by atoms with Gasteiger partial charge in [0.05, 0.1) is 0 Å². The summed E-state index contributed by atoms with van der Waals surface area (Å²) in [6.45, 7) is 1.09. The van der Waals surface area contributed by atoms with Crippen LogP contribution in [-0.2, 0) is 6.54 Å². The van der Waals surface area contributed by atoms with E-state index in [-0.39, 0.29) is 16.5 Å². The molecule has 6 nitrogen and oxygen atoms in total. The third-order valence-corrected chi connectivity index (χ3v) is 2.48. The minimum Gasteiger partial charge on any atom is -0.477 e. The molecule has 0 radical (unpaired) electrons. The van der Waals surface area contributed by atoms with Gasteiger partial charge in [0, 0.05) is 13.1 Å². The van der Waals surface area contributed by atoms with E-state index in [0.29, 0.717) is 13.1 Å². The topological polar surface area (TPSA) is 84.2 Å². The second-order valence-electron chi connectivity index (χ2n) is 3.15. The number of hydrogen-bond donors (Lipinski definition) is 2. The lowest BCUT2D eigenvalue weighted by atomic mass is 10.2. The van der Waals surface area contributed by atoms with Crippen molar-refractivity contribution in [3.8, 4) is 0 Å². The molecule has 0 amide bonds. The first-order valence-electron chi connectivity index (χ1n) is 4.39. The highest BCUT2D eigenvalue weighted by atomic mass is 35.5. The molecule has 1 aromatic heterocycles. The van der Waals surface area contributed by atoms with Crippen LogP contribution in [0.15, 0.2) is 4.79 Å². The second-order valence-corrected chi connectivity index (χ2v) is 3.50. The van der Waals surface area contributed by atoms with Crippen LogP contribution in [0.4, 0.5) is 5.82 Å². The van der Waals surface area contributed by atoms with Crippen molar-refractivity contribution in [1.29, 1.82) is 0 Å². The van der Waals surface area contributed by atoms with Crippen LogP contribution in [0.1, 0.15) is 16.8 Å². The molecule has 0 aromatic carbocycles. The second kappa shape index (κ2) is 3.54. The Morgan fingerprint density at radius 3 is 3.00 bits per heavy atom. The molecule has 1 aliphatic rings. The van der Waals surface area contributed by atoms with Gasteiger partial charge in [-0.2, -0.15) is 4.98 Å². The molecule has 0 saturated heterocycles. The summed E-state index contributed by atoms with van der Waals surface area (Å²) in [4.78, 5) is 25.8. The van der Waals surface area contributed by atoms with Crippen LogP contribution in [0.25, 0.3) is 0 Å². The van der Waals surface area contributed by atoms with Gasteiger partial charge >= 0.3 is 11.7 Å². The zero-order chi connectivity index (χ0) is 11.0. The molecule has 15 heavy (non-hydrogen) atoms. The molecule has 0 bridgehead atoms. The van der Waals surface area contributed by atoms with E-state index < -0.39 is 11.7 Å². The number of rotatable bonds is 1. The third kappa shape index (κ3) is 1.56. The molecule has 2 N–H and O–H groups in total. The van der Waals surface area contributed by atoms with Crippen LogP contribution >= 0.6 is 11.6 Å². The molecule has 1 aromatic rings. The van der Waals surface area contributed by atoms with E-state index in [1.807, 2.05) is 0 Å². The van der Waals surface area contributed by atoms with E-state index in [2.05, 4.69) is 10.3 Å². The average Bonchev–Trinajstić information content (AvgIpc) is 2.17. The van der Waals surface area contributed by atoms with Gasteiger partial charge in [-0.3, -0.25) is 4.57 Å². The van der Waals surface area contributed by atoms with E-state index in [4.69, 9.17) is 16.7 Å². The predicted molar refractivity (Wildman–Crippen MR) is 53.6 cm³/mol. The molecular formula is C8H8ClN3O3. The summed E-state index contributed by atoms with van der Waals surface area (Å²) in [6.07, 6.45) is 0.759. The summed E-state index contributed by atoms with van der Waals surface area (Å²) in [7, 11) is 0. The zero-order valence-electron chi connectivity index (χ0n) is 7.66. The van der Waals surface area contributed by atoms with Gasteiger partial charge < -0.3 is 10.4 Å². The monoisotopic (exact) mass is 229 g/mol. The van der Waals surface area contributed by atoms with E-state index in [1.54, 1.807) is 0 Å². The number of aromatic nitrogens is 2. The summed E-state index contributed by atoms with van der Waals surface area (Å²) in [5.74, 6) is -0.940. The van der Waals surface area contributed by atoms with E-state index >= 15 is 0 Å². The van der Waals surface area contributed by atoms with Gasteiger partial charge in [-0.25, -0.2) is 9.59 Å². The highest BCUT2D eigenvalue weighted by Gasteiger charge is 2.23. The first-order chi connectivity index (χ1) is 7.11. The fourth-order valence-corrected chi connectivity index (χ4v) is 1.80. The molecule has 0 aliphatic carbocycles. The van der Waals surface area contributed by atoms with Crippen LogP contribution in [0.3, 0.4) is 0 Å². The number of halogens is 1. The van der Waals surface area contributed by atoms with E-state index in [1.165, 1.54) is 4.57 Å². The number of fused-ring (bicyclic) bond motifs is 1. The minimum absolute atomic E-state index is 0.143. The number of hydrogen-bond acceptors (Lipinski definition) is 4. The standard InChI is InChI=1S/C8H8ClN3O3/c9-5-4(7(13)14)6-10-2-1-3-12(6)8(15)11-5/h10H,1-3H2,(H,13,14). The fourth-order valence-electron chi connectivity index (χ4n) is 1.55. The van der Waals surface area contributed by atoms with E-state index in [9.17, 15) is 9.59 Å². The molecule has 1 aliphatic heterocycles. The van der Waals surface area contributed by atoms with Crippen LogP contribution < -0.4 is 11.0 Å². The number of aromatic carboxylic acids is 1. The SMILES string of the molecule is O=C(O)c1c(Cl)nc(=O)n2c1NCCC2. The first kappa shape index (κ1) is 9.97. The van der Waals surface area contributed by atoms with Gasteiger partial charge in [-0.05, 0) is 6.42 Å². The molecule has 7 heteroatoms. The normalized spacial score (nSPS) is 14.2. The Hall–Kier alpha value is -1.56.